The Morgan fingerprint density at radius 2 is 2.19 bits per heavy atom. The molecule has 1 aliphatic rings. The normalized spacial score (nSPS) is 18.8. The van der Waals surface area contributed by atoms with Crippen LogP contribution in [0.15, 0.2) is 14.9 Å². The minimum absolute atomic E-state index is 0.0984. The van der Waals surface area contributed by atoms with Gasteiger partial charge in [0, 0.05) is 0 Å². The zero-order valence-corrected chi connectivity index (χ0v) is 11.3. The minimum atomic E-state index is -0.673. The Balaban J connectivity index is 2.97. The molecular weight excluding hydrogens is 268 g/mol. The standard InChI is InChI=1S/C9H9ClN2O2S2/c1-9(2,3)14-8(13)5(4-11)6-7(10)12-16-15-6/h1-3H3/b6-5-. The van der Waals surface area contributed by atoms with Gasteiger partial charge >= 0.3 is 5.97 Å². The highest BCUT2D eigenvalue weighted by Gasteiger charge is 2.27. The van der Waals surface area contributed by atoms with Crippen LogP contribution >= 0.6 is 33.4 Å². The molecule has 1 aliphatic heterocycles. The van der Waals surface area contributed by atoms with E-state index in [0.29, 0.717) is 4.91 Å². The molecule has 0 aromatic heterocycles. The number of hydrogen-bond donors (Lipinski definition) is 0. The molecule has 0 aromatic rings. The smallest absolute Gasteiger partial charge is 0.350 e. The number of carbonyl (C=O) groups is 1. The van der Waals surface area contributed by atoms with Crippen molar-refractivity contribution in [1.29, 1.82) is 5.26 Å². The summed E-state index contributed by atoms with van der Waals surface area (Å²) in [6.45, 7) is 5.20. The van der Waals surface area contributed by atoms with Gasteiger partial charge < -0.3 is 4.74 Å². The quantitative estimate of drug-likeness (QED) is 0.242. The van der Waals surface area contributed by atoms with Crippen molar-refractivity contribution in [3.63, 3.8) is 0 Å². The summed E-state index contributed by atoms with van der Waals surface area (Å²) in [6, 6.07) is 1.80. The van der Waals surface area contributed by atoms with E-state index < -0.39 is 11.6 Å². The third kappa shape index (κ3) is 3.44. The topological polar surface area (TPSA) is 62.5 Å². The van der Waals surface area contributed by atoms with Crippen LogP contribution in [-0.4, -0.2) is 16.7 Å². The van der Waals surface area contributed by atoms with E-state index in [4.69, 9.17) is 21.6 Å². The van der Waals surface area contributed by atoms with Crippen LogP contribution in [0.3, 0.4) is 0 Å². The second-order valence-electron chi connectivity index (χ2n) is 3.86. The second kappa shape index (κ2) is 5.13. The SMILES string of the molecule is CC(C)(C)OC(=O)/C(C#N)=C1\SSN=C1Cl. The van der Waals surface area contributed by atoms with Gasteiger partial charge in [0.15, 0.2) is 10.7 Å². The first-order valence-corrected chi connectivity index (χ1v) is 6.79. The van der Waals surface area contributed by atoms with E-state index in [1.165, 1.54) is 10.8 Å². The fourth-order valence-corrected chi connectivity index (χ4v) is 3.10. The fourth-order valence-electron chi connectivity index (χ4n) is 0.828. The molecule has 0 N–H and O–H groups in total. The molecule has 4 nitrogen and oxygen atoms in total. The highest BCUT2D eigenvalue weighted by molar-refractivity contribution is 8.78. The van der Waals surface area contributed by atoms with Gasteiger partial charge in [-0.1, -0.05) is 11.6 Å². The van der Waals surface area contributed by atoms with Crippen LogP contribution in [0.1, 0.15) is 20.8 Å². The van der Waals surface area contributed by atoms with Crippen molar-refractivity contribution in [3.8, 4) is 6.07 Å². The van der Waals surface area contributed by atoms with Crippen LogP contribution in [0.25, 0.3) is 0 Å². The average Bonchev–Trinajstić information content (AvgIpc) is 2.50. The van der Waals surface area contributed by atoms with Gasteiger partial charge in [0.2, 0.25) is 0 Å². The van der Waals surface area contributed by atoms with Gasteiger partial charge in [0.05, 0.1) is 15.9 Å². The Morgan fingerprint density at radius 3 is 2.56 bits per heavy atom. The molecule has 0 amide bonds. The summed E-state index contributed by atoms with van der Waals surface area (Å²) in [5.74, 6) is -0.673. The number of ether oxygens (including phenoxy) is 1. The molecule has 86 valence electrons. The van der Waals surface area contributed by atoms with Crippen LogP contribution in [-0.2, 0) is 9.53 Å². The maximum atomic E-state index is 11.7. The number of rotatable bonds is 1. The van der Waals surface area contributed by atoms with E-state index in [-0.39, 0.29) is 10.7 Å². The Kier molecular flexibility index (Phi) is 4.30. The molecule has 0 saturated carbocycles. The van der Waals surface area contributed by atoms with Gasteiger partial charge in [-0.2, -0.15) is 9.66 Å². The lowest BCUT2D eigenvalue weighted by Crippen LogP contribution is -2.25. The number of allylic oxidation sites excluding steroid dienone is 1. The number of nitriles is 1. The summed E-state index contributed by atoms with van der Waals surface area (Å²) in [5.41, 5.74) is -0.738. The molecule has 7 heteroatoms. The highest BCUT2D eigenvalue weighted by atomic mass is 35.5. The lowest BCUT2D eigenvalue weighted by Gasteiger charge is -2.19. The average molecular weight is 277 g/mol. The van der Waals surface area contributed by atoms with Crippen LogP contribution in [0, 0.1) is 11.3 Å². The van der Waals surface area contributed by atoms with Crippen molar-refractivity contribution in [3.05, 3.63) is 10.5 Å². The molecule has 0 spiro atoms. The summed E-state index contributed by atoms with van der Waals surface area (Å²) in [7, 11) is 2.30. The third-order valence-corrected chi connectivity index (χ3v) is 3.70. The predicted octanol–water partition coefficient (Wildman–Crippen LogP) is 3.05. The summed E-state index contributed by atoms with van der Waals surface area (Å²) in [6.07, 6.45) is 0. The largest absolute Gasteiger partial charge is 0.456 e. The van der Waals surface area contributed by atoms with E-state index >= 15 is 0 Å². The number of carbonyl (C=O) groups excluding carboxylic acids is 1. The van der Waals surface area contributed by atoms with E-state index in [1.807, 2.05) is 0 Å². The first-order chi connectivity index (χ1) is 7.35. The number of esters is 1. The number of hydrogen-bond acceptors (Lipinski definition) is 6. The van der Waals surface area contributed by atoms with Gasteiger partial charge in [-0.05, 0) is 31.6 Å². The van der Waals surface area contributed by atoms with Crippen LogP contribution in [0.5, 0.6) is 0 Å². The Bertz CT molecular complexity index is 418. The Labute approximate surface area is 107 Å². The molecular formula is C9H9ClN2O2S2. The highest BCUT2D eigenvalue weighted by Crippen LogP contribution is 2.42. The van der Waals surface area contributed by atoms with Gasteiger partial charge in [0.25, 0.3) is 0 Å². The second-order valence-corrected chi connectivity index (χ2v) is 6.07. The Morgan fingerprint density at radius 1 is 1.56 bits per heavy atom. The van der Waals surface area contributed by atoms with E-state index in [2.05, 4.69) is 4.40 Å². The van der Waals surface area contributed by atoms with E-state index in [0.717, 1.165) is 11.0 Å². The summed E-state index contributed by atoms with van der Waals surface area (Å²) >= 11 is 5.76. The first kappa shape index (κ1) is 13.4. The molecule has 0 radical (unpaired) electrons. The molecule has 16 heavy (non-hydrogen) atoms. The molecule has 1 rings (SSSR count). The van der Waals surface area contributed by atoms with Gasteiger partial charge in [-0.3, -0.25) is 0 Å². The van der Waals surface area contributed by atoms with Crippen LogP contribution in [0.2, 0.25) is 0 Å². The molecule has 0 fully saturated rings. The maximum absolute atomic E-state index is 11.7. The van der Waals surface area contributed by atoms with E-state index in [9.17, 15) is 4.79 Å². The van der Waals surface area contributed by atoms with Crippen molar-refractivity contribution in [1.82, 2.24) is 0 Å². The molecule has 1 heterocycles. The van der Waals surface area contributed by atoms with Crippen LogP contribution in [0.4, 0.5) is 0 Å². The lowest BCUT2D eigenvalue weighted by molar-refractivity contribution is -0.149. The van der Waals surface area contributed by atoms with Gasteiger partial charge in [-0.15, -0.1) is 0 Å². The molecule has 0 unspecified atom stereocenters. The van der Waals surface area contributed by atoms with Crippen molar-refractivity contribution >= 4 is 44.5 Å². The minimum Gasteiger partial charge on any atom is -0.456 e. The van der Waals surface area contributed by atoms with Crippen molar-refractivity contribution in [2.45, 2.75) is 26.4 Å². The zero-order chi connectivity index (χ0) is 12.3. The molecule has 0 aromatic carbocycles. The first-order valence-electron chi connectivity index (χ1n) is 4.30. The zero-order valence-electron chi connectivity index (χ0n) is 8.91. The van der Waals surface area contributed by atoms with Crippen molar-refractivity contribution in [2.24, 2.45) is 4.40 Å². The van der Waals surface area contributed by atoms with Gasteiger partial charge in [-0.25, -0.2) is 4.79 Å². The Hall–Kier alpha value is -0.640. The predicted molar refractivity (Wildman–Crippen MR) is 67.0 cm³/mol. The van der Waals surface area contributed by atoms with Gasteiger partial charge in [0.1, 0.15) is 11.7 Å². The lowest BCUT2D eigenvalue weighted by atomic mass is 10.2. The molecule has 0 saturated heterocycles. The van der Waals surface area contributed by atoms with Crippen molar-refractivity contribution < 1.29 is 9.53 Å². The summed E-state index contributed by atoms with van der Waals surface area (Å²) in [4.78, 5) is 12.0. The summed E-state index contributed by atoms with van der Waals surface area (Å²) in [5, 5.41) is 9.09. The molecule has 0 bridgehead atoms. The van der Waals surface area contributed by atoms with E-state index in [1.54, 1.807) is 26.8 Å². The van der Waals surface area contributed by atoms with Crippen molar-refractivity contribution in [2.75, 3.05) is 0 Å². The maximum Gasteiger partial charge on any atom is 0.350 e. The molecule has 0 atom stereocenters. The third-order valence-electron chi connectivity index (χ3n) is 1.37. The molecule has 0 aliphatic carbocycles. The monoisotopic (exact) mass is 276 g/mol. The number of nitrogens with zero attached hydrogens (tertiary/aromatic N) is 2. The van der Waals surface area contributed by atoms with Crippen LogP contribution < -0.4 is 0 Å². The fraction of sp³-hybridized carbons (Fsp3) is 0.444. The summed E-state index contributed by atoms with van der Waals surface area (Å²) < 4.78 is 8.91. The number of halogens is 1.